The summed E-state index contributed by atoms with van der Waals surface area (Å²) in [5.41, 5.74) is 2.48. The third-order valence-electron chi connectivity index (χ3n) is 7.46. The molecule has 0 radical (unpaired) electrons. The molecule has 0 spiro atoms. The number of benzene rings is 4. The molecule has 10 nitrogen and oxygen atoms in total. The molecule has 0 saturated carbocycles. The number of amides is 2. The van der Waals surface area contributed by atoms with Crippen LogP contribution in [0.2, 0.25) is 10.0 Å². The molecule has 6 rings (SSSR count). The molecule has 1 aromatic heterocycles. The summed E-state index contributed by atoms with van der Waals surface area (Å²) in [6.07, 6.45) is 0. The zero-order chi connectivity index (χ0) is 32.9. The monoisotopic (exact) mass is 717 g/mol. The molecule has 5 aromatic rings. The van der Waals surface area contributed by atoms with Gasteiger partial charge in [-0.1, -0.05) is 47.5 Å². The summed E-state index contributed by atoms with van der Waals surface area (Å²) in [5.74, 6) is -2.38. The predicted octanol–water partition coefficient (Wildman–Crippen LogP) is 8.03. The summed E-state index contributed by atoms with van der Waals surface area (Å²) < 4.78 is 5.89. The van der Waals surface area contributed by atoms with E-state index in [0.29, 0.717) is 54.0 Å². The number of ether oxygens (including phenoxy) is 1. The summed E-state index contributed by atoms with van der Waals surface area (Å²) in [5, 5.41) is 11.9. The number of rotatable bonds is 7. The first-order valence-corrected chi connectivity index (χ1v) is 15.0. The molecule has 0 fully saturated rings. The molecule has 46 heavy (non-hydrogen) atoms. The number of esters is 1. The van der Waals surface area contributed by atoms with Crippen molar-refractivity contribution in [1.29, 1.82) is 0 Å². The number of nitro groups is 1. The van der Waals surface area contributed by atoms with E-state index in [4.69, 9.17) is 32.9 Å². The maximum atomic E-state index is 13.5. The zero-order valence-electron chi connectivity index (χ0n) is 23.5. The number of hydrogen-bond donors (Lipinski definition) is 0. The van der Waals surface area contributed by atoms with Gasteiger partial charge in [0.05, 0.1) is 43.5 Å². The van der Waals surface area contributed by atoms with Crippen molar-refractivity contribution in [3.63, 3.8) is 0 Å². The number of aryl methyl sites for hydroxylation is 1. The van der Waals surface area contributed by atoms with Crippen molar-refractivity contribution >= 4 is 85.0 Å². The summed E-state index contributed by atoms with van der Waals surface area (Å²) in [6.45, 7) is 1.04. The van der Waals surface area contributed by atoms with E-state index in [9.17, 15) is 29.3 Å². The van der Waals surface area contributed by atoms with Crippen LogP contribution in [0.15, 0.2) is 83.3 Å². The van der Waals surface area contributed by atoms with Crippen LogP contribution in [0.1, 0.15) is 47.0 Å². The Morgan fingerprint density at radius 3 is 2.24 bits per heavy atom. The molecule has 2 amide bonds. The first-order valence-electron chi connectivity index (χ1n) is 13.5. The molecular weight excluding hydrogens is 701 g/mol. The lowest BCUT2D eigenvalue weighted by Gasteiger charge is -2.15. The first kappa shape index (κ1) is 31.0. The minimum absolute atomic E-state index is 0.0484. The van der Waals surface area contributed by atoms with Gasteiger partial charge >= 0.3 is 5.97 Å². The quantitative estimate of drug-likeness (QED) is 0.0542. The second kappa shape index (κ2) is 12.1. The highest BCUT2D eigenvalue weighted by Gasteiger charge is 2.36. The Morgan fingerprint density at radius 1 is 0.957 bits per heavy atom. The predicted molar refractivity (Wildman–Crippen MR) is 175 cm³/mol. The second-order valence-electron chi connectivity index (χ2n) is 10.2. The number of carbonyl (C=O) groups is 4. The molecule has 2 heterocycles. The third-order valence-corrected chi connectivity index (χ3v) is 9.12. The van der Waals surface area contributed by atoms with Gasteiger partial charge < -0.3 is 4.74 Å². The van der Waals surface area contributed by atoms with E-state index in [1.807, 2.05) is 0 Å². The summed E-state index contributed by atoms with van der Waals surface area (Å²) >= 11 is 15.7. The molecule has 0 bridgehead atoms. The van der Waals surface area contributed by atoms with E-state index >= 15 is 0 Å². The fraction of sp³-hybridized carbons (Fsp3) is 0.0606. The molecule has 0 atom stereocenters. The molecule has 1 aliphatic heterocycles. The number of fused-ring (bicyclic) bond motifs is 2. The van der Waals surface area contributed by atoms with Crippen LogP contribution < -0.4 is 4.90 Å². The summed E-state index contributed by atoms with van der Waals surface area (Å²) in [4.78, 5) is 68.5. The fourth-order valence-electron chi connectivity index (χ4n) is 5.10. The van der Waals surface area contributed by atoms with Crippen molar-refractivity contribution in [3.05, 3.63) is 131 Å². The van der Waals surface area contributed by atoms with Gasteiger partial charge in [0, 0.05) is 27.1 Å². The average Bonchev–Trinajstić information content (AvgIpc) is 3.31. The SMILES string of the molecule is Cc1c(Cl)c(Br)cc2c(C(=O)OCC(=O)c3ccc(Cl)c([N+](=O)[O-])c3)cc(-c3ccc(N4C(=O)c5ccccc5C4=O)cc3)nc12. The number of Topliss-reactive ketones (excluding diaryl/α,β-unsaturated/α-hetero) is 1. The van der Waals surface area contributed by atoms with Crippen LogP contribution in [-0.2, 0) is 4.74 Å². The molecule has 4 aromatic carbocycles. The Bertz CT molecular complexity index is 2140. The number of imide groups is 1. The summed E-state index contributed by atoms with van der Waals surface area (Å²) in [6, 6.07) is 19.8. The number of carbonyl (C=O) groups excluding carboxylic acids is 4. The molecule has 228 valence electrons. The van der Waals surface area contributed by atoms with Crippen molar-refractivity contribution in [2.45, 2.75) is 6.92 Å². The van der Waals surface area contributed by atoms with Gasteiger partial charge in [-0.05, 0) is 76.9 Å². The van der Waals surface area contributed by atoms with E-state index in [1.54, 1.807) is 61.5 Å². The molecule has 0 unspecified atom stereocenters. The number of anilines is 1. The smallest absolute Gasteiger partial charge is 0.339 e. The topological polar surface area (TPSA) is 137 Å². The molecule has 0 aliphatic carbocycles. The molecular formula is C33H18BrCl2N3O7. The number of nitrogens with zero attached hydrogens (tertiary/aromatic N) is 3. The van der Waals surface area contributed by atoms with Gasteiger partial charge in [-0.15, -0.1) is 0 Å². The van der Waals surface area contributed by atoms with Gasteiger partial charge in [0.1, 0.15) is 5.02 Å². The van der Waals surface area contributed by atoms with Crippen LogP contribution >= 0.6 is 39.1 Å². The van der Waals surface area contributed by atoms with Gasteiger partial charge in [-0.3, -0.25) is 24.5 Å². The average molecular weight is 719 g/mol. The number of aromatic nitrogens is 1. The molecule has 0 saturated heterocycles. The molecule has 1 aliphatic rings. The van der Waals surface area contributed by atoms with E-state index in [1.165, 1.54) is 18.2 Å². The number of halogens is 3. The van der Waals surface area contributed by atoms with Crippen LogP contribution in [-0.4, -0.2) is 40.1 Å². The Kier molecular flexibility index (Phi) is 8.15. The van der Waals surface area contributed by atoms with Crippen molar-refractivity contribution in [2.24, 2.45) is 0 Å². The third kappa shape index (κ3) is 5.42. The normalized spacial score (nSPS) is 12.4. The van der Waals surface area contributed by atoms with Crippen molar-refractivity contribution in [2.75, 3.05) is 11.5 Å². The number of pyridine rings is 1. The highest BCUT2D eigenvalue weighted by atomic mass is 79.9. The van der Waals surface area contributed by atoms with E-state index in [0.717, 1.165) is 11.0 Å². The van der Waals surface area contributed by atoms with Crippen LogP contribution in [0, 0.1) is 17.0 Å². The van der Waals surface area contributed by atoms with E-state index < -0.39 is 40.8 Å². The highest BCUT2D eigenvalue weighted by molar-refractivity contribution is 9.10. The Hall–Kier alpha value is -4.97. The first-order chi connectivity index (χ1) is 22.0. The second-order valence-corrected chi connectivity index (χ2v) is 11.8. The molecule has 13 heteroatoms. The Labute approximate surface area is 278 Å². The van der Waals surface area contributed by atoms with Crippen LogP contribution in [0.3, 0.4) is 0 Å². The standard InChI is InChI=1S/C33H18BrCl2N3O7/c1-16-29(36)24(34)13-22-23(33(43)46-15-28(40)18-8-11-25(35)27(12-18)39(44)45)14-26(37-30(16)22)17-6-9-19(10-7-17)38-31(41)20-4-2-3-5-21(20)32(38)42/h2-14H,15H2,1H3. The van der Waals surface area contributed by atoms with Crippen LogP contribution in [0.25, 0.3) is 22.2 Å². The van der Waals surface area contributed by atoms with Crippen LogP contribution in [0.4, 0.5) is 11.4 Å². The summed E-state index contributed by atoms with van der Waals surface area (Å²) in [7, 11) is 0. The van der Waals surface area contributed by atoms with E-state index in [-0.39, 0.29) is 16.1 Å². The number of nitro benzene ring substituents is 1. The van der Waals surface area contributed by atoms with Crippen molar-refractivity contribution in [3.8, 4) is 11.3 Å². The van der Waals surface area contributed by atoms with Crippen molar-refractivity contribution in [1.82, 2.24) is 4.98 Å². The molecule has 0 N–H and O–H groups in total. The zero-order valence-corrected chi connectivity index (χ0v) is 26.6. The lowest BCUT2D eigenvalue weighted by Crippen LogP contribution is -2.29. The van der Waals surface area contributed by atoms with Gasteiger partial charge in [-0.25, -0.2) is 14.7 Å². The maximum absolute atomic E-state index is 13.5. The van der Waals surface area contributed by atoms with Crippen molar-refractivity contribution < 1.29 is 28.8 Å². The van der Waals surface area contributed by atoms with Gasteiger partial charge in [0.2, 0.25) is 5.78 Å². The van der Waals surface area contributed by atoms with E-state index in [2.05, 4.69) is 15.9 Å². The lowest BCUT2D eigenvalue weighted by molar-refractivity contribution is -0.384. The Morgan fingerprint density at radius 2 is 1.61 bits per heavy atom. The Balaban J connectivity index is 1.33. The fourth-order valence-corrected chi connectivity index (χ4v) is 5.96. The number of hydrogen-bond acceptors (Lipinski definition) is 8. The lowest BCUT2D eigenvalue weighted by atomic mass is 10.0. The minimum Gasteiger partial charge on any atom is -0.454 e. The largest absolute Gasteiger partial charge is 0.454 e. The van der Waals surface area contributed by atoms with Gasteiger partial charge in [-0.2, -0.15) is 0 Å². The maximum Gasteiger partial charge on any atom is 0.339 e. The van der Waals surface area contributed by atoms with Gasteiger partial charge in [0.25, 0.3) is 17.5 Å². The highest BCUT2D eigenvalue weighted by Crippen LogP contribution is 2.36. The van der Waals surface area contributed by atoms with Gasteiger partial charge in [0.15, 0.2) is 6.61 Å². The minimum atomic E-state index is -0.846. The van der Waals surface area contributed by atoms with Crippen LogP contribution in [0.5, 0.6) is 0 Å². The number of ketones is 1.